The van der Waals surface area contributed by atoms with Crippen molar-refractivity contribution in [3.05, 3.63) is 34.1 Å². The first-order chi connectivity index (χ1) is 10.8. The van der Waals surface area contributed by atoms with Crippen LogP contribution in [-0.4, -0.2) is 46.0 Å². The molecule has 0 aromatic carbocycles. The Labute approximate surface area is 139 Å². The van der Waals surface area contributed by atoms with E-state index >= 15 is 0 Å². The highest BCUT2D eigenvalue weighted by Gasteiger charge is 2.30. The number of ketones is 1. The number of carbonyl (C=O) groups excluding carboxylic acids is 3. The van der Waals surface area contributed by atoms with E-state index in [-0.39, 0.29) is 30.6 Å². The molecular formula is C16H20N2O4S. The van der Waals surface area contributed by atoms with Crippen LogP contribution in [0.2, 0.25) is 0 Å². The van der Waals surface area contributed by atoms with E-state index < -0.39 is 5.97 Å². The summed E-state index contributed by atoms with van der Waals surface area (Å²) in [6, 6.07) is 1.82. The Kier molecular flexibility index (Phi) is 5.30. The number of esters is 1. The molecule has 0 aliphatic carbocycles. The lowest BCUT2D eigenvalue weighted by atomic mass is 10.1. The van der Waals surface area contributed by atoms with Crippen molar-refractivity contribution in [2.45, 2.75) is 20.8 Å². The highest BCUT2D eigenvalue weighted by Crippen LogP contribution is 2.29. The Morgan fingerprint density at radius 3 is 2.65 bits per heavy atom. The summed E-state index contributed by atoms with van der Waals surface area (Å²) in [4.78, 5) is 37.5. The molecule has 23 heavy (non-hydrogen) atoms. The molecule has 0 spiro atoms. The summed E-state index contributed by atoms with van der Waals surface area (Å²) >= 11 is 1.24. The van der Waals surface area contributed by atoms with Crippen molar-refractivity contribution in [1.29, 1.82) is 0 Å². The molecule has 1 fully saturated rings. The van der Waals surface area contributed by atoms with E-state index in [9.17, 15) is 14.4 Å². The lowest BCUT2D eigenvalue weighted by Gasteiger charge is -2.16. The molecule has 1 aliphatic heterocycles. The van der Waals surface area contributed by atoms with Gasteiger partial charge < -0.3 is 9.30 Å². The Balaban J connectivity index is 2.19. The maximum atomic E-state index is 12.5. The first-order valence-corrected chi connectivity index (χ1v) is 8.31. The van der Waals surface area contributed by atoms with E-state index in [1.807, 2.05) is 31.5 Å². The first kappa shape index (κ1) is 17.3. The van der Waals surface area contributed by atoms with Gasteiger partial charge in [-0.3, -0.25) is 14.5 Å². The summed E-state index contributed by atoms with van der Waals surface area (Å²) in [5.74, 6) is -0.597. The van der Waals surface area contributed by atoms with Crippen molar-refractivity contribution >= 4 is 29.4 Å². The van der Waals surface area contributed by atoms with Gasteiger partial charge in [-0.2, -0.15) is 0 Å². The van der Waals surface area contributed by atoms with E-state index in [0.29, 0.717) is 10.6 Å². The quantitative estimate of drug-likeness (QED) is 0.466. The Morgan fingerprint density at radius 2 is 2.09 bits per heavy atom. The van der Waals surface area contributed by atoms with Crippen LogP contribution in [0.3, 0.4) is 0 Å². The molecule has 1 aromatic rings. The molecule has 0 unspecified atom stereocenters. The van der Waals surface area contributed by atoms with E-state index in [4.69, 9.17) is 4.74 Å². The first-order valence-electron chi connectivity index (χ1n) is 7.32. The second-order valence-corrected chi connectivity index (χ2v) is 6.27. The van der Waals surface area contributed by atoms with Gasteiger partial charge in [0, 0.05) is 24.0 Å². The van der Waals surface area contributed by atoms with Gasteiger partial charge in [0.05, 0.1) is 30.0 Å². The van der Waals surface area contributed by atoms with Gasteiger partial charge in [0.25, 0.3) is 0 Å². The van der Waals surface area contributed by atoms with Gasteiger partial charge in [0.15, 0.2) is 5.78 Å². The number of nitrogens with zero attached hydrogens (tertiary/aromatic N) is 2. The Morgan fingerprint density at radius 1 is 1.39 bits per heavy atom. The number of carbonyl (C=O) groups is 3. The molecule has 0 N–H and O–H groups in total. The van der Waals surface area contributed by atoms with Crippen LogP contribution in [0.5, 0.6) is 0 Å². The van der Waals surface area contributed by atoms with E-state index in [0.717, 1.165) is 11.4 Å². The zero-order chi connectivity index (χ0) is 17.1. The predicted octanol–water partition coefficient (Wildman–Crippen LogP) is 1.80. The Bertz CT molecular complexity index is 690. The minimum Gasteiger partial charge on any atom is -0.463 e. The van der Waals surface area contributed by atoms with Crippen LogP contribution in [0.25, 0.3) is 0 Å². The normalized spacial score (nSPS) is 16.3. The zero-order valence-corrected chi connectivity index (χ0v) is 14.5. The number of aromatic nitrogens is 1. The van der Waals surface area contributed by atoms with Crippen LogP contribution in [0.1, 0.15) is 28.7 Å². The minimum atomic E-state index is -0.506. The third kappa shape index (κ3) is 3.67. The maximum absolute atomic E-state index is 12.5. The van der Waals surface area contributed by atoms with Gasteiger partial charge in [0.1, 0.15) is 0 Å². The van der Waals surface area contributed by atoms with Crippen molar-refractivity contribution < 1.29 is 19.1 Å². The molecule has 1 saturated heterocycles. The lowest BCUT2D eigenvalue weighted by molar-refractivity contribution is -0.137. The predicted molar refractivity (Wildman–Crippen MR) is 88.1 cm³/mol. The number of thioether (sulfide) groups is 1. The second kappa shape index (κ2) is 7.04. The zero-order valence-electron chi connectivity index (χ0n) is 13.7. The van der Waals surface area contributed by atoms with Crippen LogP contribution in [0, 0.1) is 13.8 Å². The fraction of sp³-hybridized carbons (Fsp3) is 0.438. The molecule has 7 heteroatoms. The fourth-order valence-electron chi connectivity index (χ4n) is 2.35. The smallest absolute Gasteiger partial charge is 0.333 e. The summed E-state index contributed by atoms with van der Waals surface area (Å²) in [6.07, 6.45) is 1.27. The number of rotatable bonds is 5. The van der Waals surface area contributed by atoms with Crippen molar-refractivity contribution in [2.75, 3.05) is 18.9 Å². The third-order valence-electron chi connectivity index (χ3n) is 3.82. The number of amides is 1. The standard InChI is InChI=1S/C16H20N2O4S/c1-5-22-16(21)7-15-18(14(20)9-23-15)8-13(19)12-6-10(2)17(4)11(12)3/h6-7H,5,8-9H2,1-4H3/b15-7-. The van der Waals surface area contributed by atoms with Crippen molar-refractivity contribution in [2.24, 2.45) is 7.05 Å². The van der Waals surface area contributed by atoms with Crippen LogP contribution in [0.4, 0.5) is 0 Å². The average Bonchev–Trinajstić information content (AvgIpc) is 2.95. The highest BCUT2D eigenvalue weighted by atomic mass is 32.2. The van der Waals surface area contributed by atoms with Gasteiger partial charge in [-0.15, -0.1) is 0 Å². The molecular weight excluding hydrogens is 316 g/mol. The SMILES string of the molecule is CCOC(=O)/C=C1\SCC(=O)N1CC(=O)c1cc(C)n(C)c1C. The molecule has 2 rings (SSSR count). The largest absolute Gasteiger partial charge is 0.463 e. The number of ether oxygens (including phenoxy) is 1. The van der Waals surface area contributed by atoms with Gasteiger partial charge in [-0.1, -0.05) is 11.8 Å². The van der Waals surface area contributed by atoms with Gasteiger partial charge >= 0.3 is 5.97 Å². The number of hydrogen-bond donors (Lipinski definition) is 0. The van der Waals surface area contributed by atoms with Gasteiger partial charge in [-0.05, 0) is 26.8 Å². The van der Waals surface area contributed by atoms with Crippen LogP contribution < -0.4 is 0 Å². The van der Waals surface area contributed by atoms with E-state index in [1.165, 1.54) is 22.7 Å². The highest BCUT2D eigenvalue weighted by molar-refractivity contribution is 8.04. The number of Topliss-reactive ketones (excluding diaryl/α,β-unsaturated/α-hetero) is 1. The van der Waals surface area contributed by atoms with E-state index in [1.54, 1.807) is 6.92 Å². The summed E-state index contributed by atoms with van der Waals surface area (Å²) < 4.78 is 6.79. The monoisotopic (exact) mass is 336 g/mol. The minimum absolute atomic E-state index is 0.0681. The molecule has 0 radical (unpaired) electrons. The molecule has 0 saturated carbocycles. The molecule has 1 aromatic heterocycles. The van der Waals surface area contributed by atoms with Crippen LogP contribution >= 0.6 is 11.8 Å². The molecule has 1 aliphatic rings. The number of hydrogen-bond acceptors (Lipinski definition) is 5. The molecule has 0 bridgehead atoms. The second-order valence-electron chi connectivity index (χ2n) is 5.27. The lowest BCUT2D eigenvalue weighted by Crippen LogP contribution is -2.31. The van der Waals surface area contributed by atoms with Crippen LogP contribution in [0.15, 0.2) is 17.2 Å². The van der Waals surface area contributed by atoms with Crippen molar-refractivity contribution in [3.63, 3.8) is 0 Å². The summed E-state index contributed by atoms with van der Waals surface area (Å²) in [5, 5.41) is 0.465. The third-order valence-corrected chi connectivity index (χ3v) is 4.84. The fourth-order valence-corrected chi connectivity index (χ4v) is 3.28. The topological polar surface area (TPSA) is 68.6 Å². The maximum Gasteiger partial charge on any atom is 0.333 e. The van der Waals surface area contributed by atoms with Gasteiger partial charge in [0.2, 0.25) is 5.91 Å². The molecule has 2 heterocycles. The molecule has 6 nitrogen and oxygen atoms in total. The summed E-state index contributed by atoms with van der Waals surface area (Å²) in [7, 11) is 1.89. The van der Waals surface area contributed by atoms with E-state index in [2.05, 4.69) is 0 Å². The van der Waals surface area contributed by atoms with Gasteiger partial charge in [-0.25, -0.2) is 4.79 Å². The summed E-state index contributed by atoms with van der Waals surface area (Å²) in [6.45, 7) is 5.71. The Hall–Kier alpha value is -2.02. The molecule has 124 valence electrons. The van der Waals surface area contributed by atoms with Crippen molar-refractivity contribution in [1.82, 2.24) is 9.47 Å². The van der Waals surface area contributed by atoms with Crippen molar-refractivity contribution in [3.8, 4) is 0 Å². The number of aryl methyl sites for hydroxylation is 1. The summed E-state index contributed by atoms with van der Waals surface area (Å²) in [5.41, 5.74) is 2.45. The van der Waals surface area contributed by atoms with Crippen LogP contribution in [-0.2, 0) is 21.4 Å². The average molecular weight is 336 g/mol. The molecule has 1 amide bonds. The molecule has 0 atom stereocenters.